The summed E-state index contributed by atoms with van der Waals surface area (Å²) in [6.07, 6.45) is 4.01. The van der Waals surface area contributed by atoms with Crippen molar-refractivity contribution >= 4 is 9.84 Å². The lowest BCUT2D eigenvalue weighted by molar-refractivity contribution is 0.0200. The van der Waals surface area contributed by atoms with E-state index in [1.54, 1.807) is 0 Å². The molecule has 2 rings (SSSR count). The van der Waals surface area contributed by atoms with E-state index in [0.717, 1.165) is 38.1 Å². The zero-order valence-electron chi connectivity index (χ0n) is 11.6. The summed E-state index contributed by atoms with van der Waals surface area (Å²) < 4.78 is 23.9. The first-order chi connectivity index (χ1) is 8.38. The predicted molar refractivity (Wildman–Crippen MR) is 74.2 cm³/mol. The maximum absolute atomic E-state index is 12.0. The standard InChI is InChI=1S/C13H26N2O2S/c1-11-4-6-15(12(2)8-11)13(9-14)5-3-7-18(16,17)10-13/h11-12H,3-10,14H2,1-2H3. The second-order valence-corrected chi connectivity index (χ2v) is 8.48. The third kappa shape index (κ3) is 2.73. The van der Waals surface area contributed by atoms with Crippen molar-refractivity contribution in [1.29, 1.82) is 0 Å². The van der Waals surface area contributed by atoms with Crippen LogP contribution < -0.4 is 5.73 Å². The molecule has 0 aromatic heterocycles. The molecular weight excluding hydrogens is 248 g/mol. The van der Waals surface area contributed by atoms with E-state index < -0.39 is 9.84 Å². The fraction of sp³-hybridized carbons (Fsp3) is 1.00. The Morgan fingerprint density at radius 2 is 2.11 bits per heavy atom. The molecule has 2 saturated heterocycles. The number of hydrogen-bond acceptors (Lipinski definition) is 4. The molecule has 2 N–H and O–H groups in total. The Balaban J connectivity index is 2.21. The Bertz CT molecular complexity index is 396. The Hall–Kier alpha value is -0.130. The van der Waals surface area contributed by atoms with E-state index in [-0.39, 0.29) is 11.3 Å². The van der Waals surface area contributed by atoms with E-state index in [2.05, 4.69) is 18.7 Å². The summed E-state index contributed by atoms with van der Waals surface area (Å²) in [4.78, 5) is 2.39. The van der Waals surface area contributed by atoms with E-state index in [1.165, 1.54) is 0 Å². The van der Waals surface area contributed by atoms with Crippen molar-refractivity contribution in [2.75, 3.05) is 24.6 Å². The fourth-order valence-corrected chi connectivity index (χ4v) is 5.77. The van der Waals surface area contributed by atoms with Gasteiger partial charge in [-0.25, -0.2) is 8.42 Å². The van der Waals surface area contributed by atoms with Gasteiger partial charge in [-0.05, 0) is 45.1 Å². The molecule has 0 aromatic carbocycles. The number of piperidine rings is 1. The molecule has 3 atom stereocenters. The van der Waals surface area contributed by atoms with Gasteiger partial charge in [-0.3, -0.25) is 4.90 Å². The Kier molecular flexibility index (Phi) is 4.04. The van der Waals surface area contributed by atoms with E-state index >= 15 is 0 Å². The van der Waals surface area contributed by atoms with Gasteiger partial charge in [-0.2, -0.15) is 0 Å². The molecule has 3 unspecified atom stereocenters. The third-order valence-corrected chi connectivity index (χ3v) is 6.60. The number of sulfone groups is 1. The zero-order chi connectivity index (χ0) is 13.4. The highest BCUT2D eigenvalue weighted by Gasteiger charge is 2.45. The molecule has 2 aliphatic heterocycles. The minimum atomic E-state index is -2.91. The first-order valence-corrected chi connectivity index (χ1v) is 8.88. The van der Waals surface area contributed by atoms with Gasteiger partial charge in [0.25, 0.3) is 0 Å². The summed E-state index contributed by atoms with van der Waals surface area (Å²) in [5.74, 6) is 1.34. The van der Waals surface area contributed by atoms with Crippen molar-refractivity contribution in [3.8, 4) is 0 Å². The molecule has 0 spiro atoms. The smallest absolute Gasteiger partial charge is 0.152 e. The Morgan fingerprint density at radius 3 is 2.67 bits per heavy atom. The van der Waals surface area contributed by atoms with E-state index in [4.69, 9.17) is 5.73 Å². The van der Waals surface area contributed by atoms with E-state index in [1.807, 2.05) is 0 Å². The summed E-state index contributed by atoms with van der Waals surface area (Å²) in [7, 11) is -2.91. The van der Waals surface area contributed by atoms with Crippen LogP contribution in [0.25, 0.3) is 0 Å². The van der Waals surface area contributed by atoms with Crippen molar-refractivity contribution in [2.45, 2.75) is 51.1 Å². The van der Waals surface area contributed by atoms with Crippen molar-refractivity contribution in [3.63, 3.8) is 0 Å². The first kappa shape index (κ1) is 14.3. The first-order valence-electron chi connectivity index (χ1n) is 7.06. The van der Waals surface area contributed by atoms with Gasteiger partial charge in [-0.1, -0.05) is 6.92 Å². The molecule has 0 aromatic rings. The molecule has 0 amide bonds. The molecular formula is C13H26N2O2S. The van der Waals surface area contributed by atoms with E-state index in [9.17, 15) is 8.42 Å². The van der Waals surface area contributed by atoms with Gasteiger partial charge >= 0.3 is 0 Å². The monoisotopic (exact) mass is 274 g/mol. The number of nitrogens with two attached hydrogens (primary N) is 1. The highest BCUT2D eigenvalue weighted by molar-refractivity contribution is 7.91. The summed E-state index contributed by atoms with van der Waals surface area (Å²) in [5.41, 5.74) is 5.69. The average molecular weight is 274 g/mol. The maximum atomic E-state index is 12.0. The van der Waals surface area contributed by atoms with Crippen LogP contribution in [0.4, 0.5) is 0 Å². The van der Waals surface area contributed by atoms with Crippen molar-refractivity contribution in [1.82, 2.24) is 4.90 Å². The molecule has 2 fully saturated rings. The quantitative estimate of drug-likeness (QED) is 0.816. The van der Waals surface area contributed by atoms with Gasteiger partial charge in [0.05, 0.1) is 11.5 Å². The van der Waals surface area contributed by atoms with Gasteiger partial charge in [0.15, 0.2) is 9.84 Å². The lowest BCUT2D eigenvalue weighted by atomic mass is 9.85. The normalized spacial score (nSPS) is 41.7. The SMILES string of the molecule is CC1CCN(C2(CN)CCCS(=O)(=O)C2)C(C)C1. The van der Waals surface area contributed by atoms with Crippen LogP contribution in [-0.4, -0.2) is 49.5 Å². The highest BCUT2D eigenvalue weighted by atomic mass is 32.2. The molecule has 0 saturated carbocycles. The maximum Gasteiger partial charge on any atom is 0.152 e. The van der Waals surface area contributed by atoms with Crippen LogP contribution >= 0.6 is 0 Å². The number of rotatable bonds is 2. The predicted octanol–water partition coefficient (Wildman–Crippen LogP) is 1.01. The molecule has 0 aliphatic carbocycles. The molecule has 5 heteroatoms. The largest absolute Gasteiger partial charge is 0.329 e. The zero-order valence-corrected chi connectivity index (χ0v) is 12.4. The van der Waals surface area contributed by atoms with Gasteiger partial charge in [0.1, 0.15) is 0 Å². The van der Waals surface area contributed by atoms with Crippen molar-refractivity contribution in [3.05, 3.63) is 0 Å². The van der Waals surface area contributed by atoms with Crippen LogP contribution in [0.5, 0.6) is 0 Å². The average Bonchev–Trinajstić information content (AvgIpc) is 2.27. The second-order valence-electron chi connectivity index (χ2n) is 6.30. The topological polar surface area (TPSA) is 63.4 Å². The third-order valence-electron chi connectivity index (χ3n) is 4.71. The van der Waals surface area contributed by atoms with Crippen molar-refractivity contribution < 1.29 is 8.42 Å². The molecule has 18 heavy (non-hydrogen) atoms. The lowest BCUT2D eigenvalue weighted by Gasteiger charge is -2.51. The second kappa shape index (κ2) is 5.10. The summed E-state index contributed by atoms with van der Waals surface area (Å²) in [6, 6.07) is 0.450. The van der Waals surface area contributed by atoms with Crippen LogP contribution in [0.3, 0.4) is 0 Å². The fourth-order valence-electron chi connectivity index (χ4n) is 3.79. The Morgan fingerprint density at radius 1 is 1.39 bits per heavy atom. The van der Waals surface area contributed by atoms with E-state index in [0.29, 0.717) is 18.3 Å². The molecule has 0 bridgehead atoms. The molecule has 2 aliphatic rings. The lowest BCUT2D eigenvalue weighted by Crippen LogP contribution is -2.64. The van der Waals surface area contributed by atoms with Crippen LogP contribution in [0.15, 0.2) is 0 Å². The molecule has 2 heterocycles. The number of nitrogens with zero attached hydrogens (tertiary/aromatic N) is 1. The molecule has 4 nitrogen and oxygen atoms in total. The summed E-state index contributed by atoms with van der Waals surface area (Å²) >= 11 is 0. The van der Waals surface area contributed by atoms with Gasteiger partial charge < -0.3 is 5.73 Å². The van der Waals surface area contributed by atoms with Gasteiger partial charge in [-0.15, -0.1) is 0 Å². The molecule has 106 valence electrons. The number of likely N-dealkylation sites (tertiary alicyclic amines) is 1. The Labute approximate surface area is 111 Å². The summed E-state index contributed by atoms with van der Waals surface area (Å²) in [5, 5.41) is 0. The summed E-state index contributed by atoms with van der Waals surface area (Å²) in [6.45, 7) is 5.95. The highest BCUT2D eigenvalue weighted by Crippen LogP contribution is 2.35. The van der Waals surface area contributed by atoms with Crippen LogP contribution in [-0.2, 0) is 9.84 Å². The minimum Gasteiger partial charge on any atom is -0.329 e. The van der Waals surface area contributed by atoms with Crippen molar-refractivity contribution in [2.24, 2.45) is 11.7 Å². The van der Waals surface area contributed by atoms with Crippen LogP contribution in [0, 0.1) is 5.92 Å². The minimum absolute atomic E-state index is 0.259. The van der Waals surface area contributed by atoms with Crippen LogP contribution in [0.2, 0.25) is 0 Å². The van der Waals surface area contributed by atoms with Gasteiger partial charge in [0, 0.05) is 18.1 Å². The van der Waals surface area contributed by atoms with Gasteiger partial charge in [0.2, 0.25) is 0 Å². The van der Waals surface area contributed by atoms with Crippen LogP contribution in [0.1, 0.15) is 39.5 Å². The number of hydrogen-bond donors (Lipinski definition) is 1. The molecule has 0 radical (unpaired) electrons.